The number of amides is 1. The lowest BCUT2D eigenvalue weighted by molar-refractivity contribution is 0.102. The Kier molecular flexibility index (Phi) is 3.43. The molecule has 0 spiro atoms. The van der Waals surface area contributed by atoms with Crippen LogP contribution in [0.3, 0.4) is 0 Å². The minimum absolute atomic E-state index is 0.206. The molecular weight excluding hydrogens is 318 g/mol. The molecule has 0 saturated carbocycles. The maximum Gasteiger partial charge on any atom is 0.257 e. The zero-order chi connectivity index (χ0) is 13.9. The van der Waals surface area contributed by atoms with Crippen molar-refractivity contribution in [1.29, 1.82) is 0 Å². The number of carbonyl (C=O) groups excluding carboxylic acids is 1. The lowest BCUT2D eigenvalue weighted by atomic mass is 10.1. The average molecular weight is 328 g/mol. The number of fused-ring (bicyclic) bond motifs is 1. The third-order valence-corrected chi connectivity index (χ3v) is 3.52. The van der Waals surface area contributed by atoms with E-state index in [0.717, 1.165) is 15.4 Å². The van der Waals surface area contributed by atoms with Gasteiger partial charge in [-0.2, -0.15) is 0 Å². The molecule has 1 N–H and O–H groups in total. The van der Waals surface area contributed by atoms with Crippen molar-refractivity contribution < 1.29 is 4.79 Å². The lowest BCUT2D eigenvalue weighted by Gasteiger charge is -2.08. The number of benzene rings is 1. The zero-order valence-corrected chi connectivity index (χ0v) is 12.0. The second kappa shape index (κ2) is 5.38. The van der Waals surface area contributed by atoms with E-state index in [1.54, 1.807) is 24.5 Å². The summed E-state index contributed by atoms with van der Waals surface area (Å²) >= 11 is 3.36. The molecular formula is C15H10BrN3O. The van der Waals surface area contributed by atoms with Crippen molar-refractivity contribution >= 4 is 38.6 Å². The Morgan fingerprint density at radius 3 is 2.70 bits per heavy atom. The van der Waals surface area contributed by atoms with Gasteiger partial charge in [0, 0.05) is 17.8 Å². The Labute approximate surface area is 124 Å². The van der Waals surface area contributed by atoms with Crippen LogP contribution in [0.5, 0.6) is 0 Å². The molecule has 0 aliphatic rings. The summed E-state index contributed by atoms with van der Waals surface area (Å²) in [6, 6.07) is 12.9. The predicted molar refractivity (Wildman–Crippen MR) is 81.6 cm³/mol. The molecule has 2 heterocycles. The van der Waals surface area contributed by atoms with Gasteiger partial charge in [0.15, 0.2) is 0 Å². The maximum absolute atomic E-state index is 12.4. The summed E-state index contributed by atoms with van der Waals surface area (Å²) in [6.07, 6.45) is 3.26. The summed E-state index contributed by atoms with van der Waals surface area (Å²) < 4.78 is 0.742. The Hall–Kier alpha value is -2.27. The Balaban J connectivity index is 1.99. The number of halogens is 1. The minimum Gasteiger partial charge on any atom is -0.306 e. The lowest BCUT2D eigenvalue weighted by Crippen LogP contribution is -2.14. The van der Waals surface area contributed by atoms with E-state index in [2.05, 4.69) is 31.2 Å². The fraction of sp³-hybridized carbons (Fsp3) is 0. The molecule has 0 saturated heterocycles. The zero-order valence-electron chi connectivity index (χ0n) is 10.4. The van der Waals surface area contributed by atoms with Gasteiger partial charge in [0.25, 0.3) is 5.91 Å². The number of rotatable bonds is 2. The molecule has 5 heteroatoms. The van der Waals surface area contributed by atoms with Crippen molar-refractivity contribution in [3.8, 4) is 0 Å². The second-order valence-electron chi connectivity index (χ2n) is 4.16. The summed E-state index contributed by atoms with van der Waals surface area (Å²) in [5.41, 5.74) is 1.37. The number of nitrogens with zero attached hydrogens (tertiary/aromatic N) is 2. The molecule has 0 radical (unpaired) electrons. The van der Waals surface area contributed by atoms with Gasteiger partial charge < -0.3 is 5.32 Å². The number of para-hydroxylation sites is 1. The van der Waals surface area contributed by atoms with Crippen LogP contribution in [0.2, 0.25) is 0 Å². The SMILES string of the molecule is O=C(Nc1ncccc1Br)c1ccnc2ccccc12. The van der Waals surface area contributed by atoms with E-state index >= 15 is 0 Å². The van der Waals surface area contributed by atoms with Crippen molar-refractivity contribution in [1.82, 2.24) is 9.97 Å². The first-order chi connectivity index (χ1) is 9.75. The fourth-order valence-electron chi connectivity index (χ4n) is 1.95. The van der Waals surface area contributed by atoms with Gasteiger partial charge in [-0.1, -0.05) is 18.2 Å². The van der Waals surface area contributed by atoms with Gasteiger partial charge in [-0.3, -0.25) is 9.78 Å². The molecule has 0 bridgehead atoms. The Bertz CT molecular complexity index is 783. The van der Waals surface area contributed by atoms with Crippen LogP contribution in [0.1, 0.15) is 10.4 Å². The van der Waals surface area contributed by atoms with Gasteiger partial charge in [0.05, 0.1) is 15.6 Å². The number of hydrogen-bond donors (Lipinski definition) is 1. The van der Waals surface area contributed by atoms with Gasteiger partial charge in [0.1, 0.15) is 5.82 Å². The highest BCUT2D eigenvalue weighted by Gasteiger charge is 2.12. The number of carbonyl (C=O) groups is 1. The number of anilines is 1. The molecule has 98 valence electrons. The smallest absolute Gasteiger partial charge is 0.257 e. The largest absolute Gasteiger partial charge is 0.306 e. The number of aromatic nitrogens is 2. The van der Waals surface area contributed by atoms with Crippen molar-refractivity contribution in [2.45, 2.75) is 0 Å². The van der Waals surface area contributed by atoms with E-state index in [-0.39, 0.29) is 5.91 Å². The molecule has 0 aliphatic heterocycles. The standard InChI is InChI=1S/C15H10BrN3O/c16-12-5-3-8-18-14(12)19-15(20)11-7-9-17-13-6-2-1-4-10(11)13/h1-9H,(H,18,19,20). The molecule has 0 aliphatic carbocycles. The van der Waals surface area contributed by atoms with Crippen LogP contribution >= 0.6 is 15.9 Å². The minimum atomic E-state index is -0.206. The van der Waals surface area contributed by atoms with Crippen LogP contribution < -0.4 is 5.32 Å². The first-order valence-electron chi connectivity index (χ1n) is 6.01. The first kappa shape index (κ1) is 12.7. The number of hydrogen-bond acceptors (Lipinski definition) is 3. The fourth-order valence-corrected chi connectivity index (χ4v) is 2.30. The molecule has 1 aromatic carbocycles. The average Bonchev–Trinajstić information content (AvgIpc) is 2.49. The monoisotopic (exact) mass is 327 g/mol. The van der Waals surface area contributed by atoms with E-state index in [4.69, 9.17) is 0 Å². The van der Waals surface area contributed by atoms with Crippen molar-refractivity contribution in [2.24, 2.45) is 0 Å². The third kappa shape index (κ3) is 2.40. The Morgan fingerprint density at radius 2 is 1.85 bits per heavy atom. The van der Waals surface area contributed by atoms with Crippen molar-refractivity contribution in [2.75, 3.05) is 5.32 Å². The predicted octanol–water partition coefficient (Wildman–Crippen LogP) is 3.64. The molecule has 0 atom stereocenters. The van der Waals surface area contributed by atoms with Crippen molar-refractivity contribution in [3.05, 3.63) is 64.9 Å². The van der Waals surface area contributed by atoms with Gasteiger partial charge in [-0.15, -0.1) is 0 Å². The van der Waals surface area contributed by atoms with Crippen LogP contribution in [-0.4, -0.2) is 15.9 Å². The summed E-state index contributed by atoms with van der Waals surface area (Å²) in [5.74, 6) is 0.293. The molecule has 0 unspecified atom stereocenters. The van der Waals surface area contributed by atoms with E-state index in [1.807, 2.05) is 30.3 Å². The van der Waals surface area contributed by atoms with Crippen LogP contribution in [0, 0.1) is 0 Å². The second-order valence-corrected chi connectivity index (χ2v) is 5.02. The van der Waals surface area contributed by atoms with Crippen LogP contribution in [0.25, 0.3) is 10.9 Å². The van der Waals surface area contributed by atoms with E-state index in [1.165, 1.54) is 0 Å². The van der Waals surface area contributed by atoms with Gasteiger partial charge in [-0.25, -0.2) is 4.98 Å². The highest BCUT2D eigenvalue weighted by molar-refractivity contribution is 9.10. The number of pyridine rings is 2. The first-order valence-corrected chi connectivity index (χ1v) is 6.80. The summed E-state index contributed by atoms with van der Waals surface area (Å²) in [7, 11) is 0. The van der Waals surface area contributed by atoms with E-state index < -0.39 is 0 Å². The highest BCUT2D eigenvalue weighted by Crippen LogP contribution is 2.21. The molecule has 1 amide bonds. The Morgan fingerprint density at radius 1 is 1.00 bits per heavy atom. The number of nitrogens with one attached hydrogen (secondary N) is 1. The molecule has 2 aromatic heterocycles. The summed E-state index contributed by atoms with van der Waals surface area (Å²) in [4.78, 5) is 20.8. The van der Waals surface area contributed by atoms with Gasteiger partial charge in [0.2, 0.25) is 0 Å². The normalized spacial score (nSPS) is 10.4. The molecule has 4 nitrogen and oxygen atoms in total. The molecule has 3 rings (SSSR count). The maximum atomic E-state index is 12.4. The molecule has 0 fully saturated rings. The highest BCUT2D eigenvalue weighted by atomic mass is 79.9. The topological polar surface area (TPSA) is 54.9 Å². The van der Waals surface area contributed by atoms with Crippen LogP contribution in [0.15, 0.2) is 59.3 Å². The summed E-state index contributed by atoms with van der Waals surface area (Å²) in [5, 5.41) is 3.61. The quantitative estimate of drug-likeness (QED) is 0.781. The van der Waals surface area contributed by atoms with Crippen LogP contribution in [0.4, 0.5) is 5.82 Å². The van der Waals surface area contributed by atoms with Gasteiger partial charge in [-0.05, 0) is 40.2 Å². The van der Waals surface area contributed by atoms with Gasteiger partial charge >= 0.3 is 0 Å². The molecule has 20 heavy (non-hydrogen) atoms. The van der Waals surface area contributed by atoms with E-state index in [0.29, 0.717) is 11.4 Å². The van der Waals surface area contributed by atoms with Crippen LogP contribution in [-0.2, 0) is 0 Å². The summed E-state index contributed by atoms with van der Waals surface area (Å²) in [6.45, 7) is 0. The van der Waals surface area contributed by atoms with E-state index in [9.17, 15) is 4.79 Å². The van der Waals surface area contributed by atoms with Crippen molar-refractivity contribution in [3.63, 3.8) is 0 Å². The third-order valence-electron chi connectivity index (χ3n) is 2.88. The molecule has 3 aromatic rings.